The largest absolute Gasteiger partial charge is 0.396 e. The second-order valence-corrected chi connectivity index (χ2v) is 4.37. The predicted octanol–water partition coefficient (Wildman–Crippen LogP) is 1.93. The molecule has 0 atom stereocenters. The van der Waals surface area contributed by atoms with Gasteiger partial charge in [0.1, 0.15) is 0 Å². The summed E-state index contributed by atoms with van der Waals surface area (Å²) in [4.78, 5) is 0. The summed E-state index contributed by atoms with van der Waals surface area (Å²) in [5.74, 6) is 0.951. The van der Waals surface area contributed by atoms with Gasteiger partial charge in [-0.15, -0.1) is 0 Å². The van der Waals surface area contributed by atoms with Crippen LogP contribution in [0.3, 0.4) is 0 Å². The first-order valence-corrected chi connectivity index (χ1v) is 5.67. The van der Waals surface area contributed by atoms with Crippen molar-refractivity contribution in [3.8, 4) is 0 Å². The Balaban J connectivity index is 1.74. The molecule has 0 aromatic heterocycles. The molecule has 1 aliphatic carbocycles. The molecule has 0 spiro atoms. The van der Waals surface area contributed by atoms with Crippen LogP contribution in [0, 0.1) is 5.92 Å². The molecule has 0 aliphatic heterocycles. The number of unbranched alkanes of at least 4 members (excludes halogenated alkanes) is 3. The highest BCUT2D eigenvalue weighted by Crippen LogP contribution is 2.26. The van der Waals surface area contributed by atoms with Crippen LogP contribution < -0.4 is 5.32 Å². The highest BCUT2D eigenvalue weighted by atomic mass is 16.2. The lowest BCUT2D eigenvalue weighted by molar-refractivity contribution is 0.240. The summed E-state index contributed by atoms with van der Waals surface area (Å²) in [5, 5.41) is 12.1. The summed E-state index contributed by atoms with van der Waals surface area (Å²) in [7, 11) is 0. The predicted molar refractivity (Wildman–Crippen MR) is 55.7 cm³/mol. The van der Waals surface area contributed by atoms with E-state index in [2.05, 4.69) is 12.2 Å². The molecule has 0 amide bonds. The molecule has 78 valence electrons. The van der Waals surface area contributed by atoms with Crippen molar-refractivity contribution in [3.63, 3.8) is 0 Å². The Labute approximate surface area is 81.7 Å². The summed E-state index contributed by atoms with van der Waals surface area (Å²) in [5.41, 5.74) is 0. The van der Waals surface area contributed by atoms with Gasteiger partial charge in [-0.3, -0.25) is 0 Å². The fourth-order valence-electron chi connectivity index (χ4n) is 1.97. The molecule has 0 unspecified atom stereocenters. The van der Waals surface area contributed by atoms with Gasteiger partial charge < -0.3 is 10.4 Å². The van der Waals surface area contributed by atoms with E-state index in [1.807, 2.05) is 0 Å². The van der Waals surface area contributed by atoms with Gasteiger partial charge >= 0.3 is 0 Å². The standard InChI is InChI=1S/C11H23NO/c1-10-8-11(9-10)12-6-4-2-3-5-7-13/h10-13H,2-9H2,1H3. The maximum absolute atomic E-state index is 8.57. The summed E-state index contributed by atoms with van der Waals surface area (Å²) >= 11 is 0. The van der Waals surface area contributed by atoms with Crippen LogP contribution in [-0.4, -0.2) is 24.3 Å². The second-order valence-electron chi connectivity index (χ2n) is 4.37. The highest BCUT2D eigenvalue weighted by molar-refractivity contribution is 4.81. The van der Waals surface area contributed by atoms with Crippen molar-refractivity contribution in [2.75, 3.05) is 13.2 Å². The molecule has 1 rings (SSSR count). The zero-order chi connectivity index (χ0) is 9.52. The zero-order valence-corrected chi connectivity index (χ0v) is 8.76. The van der Waals surface area contributed by atoms with Crippen molar-refractivity contribution in [1.29, 1.82) is 0 Å². The maximum atomic E-state index is 8.57. The summed E-state index contributed by atoms with van der Waals surface area (Å²) < 4.78 is 0. The minimum absolute atomic E-state index is 0.355. The molecule has 0 aromatic carbocycles. The van der Waals surface area contributed by atoms with E-state index in [1.54, 1.807) is 0 Å². The average Bonchev–Trinajstić information content (AvgIpc) is 2.07. The Kier molecular flexibility index (Phi) is 5.40. The quantitative estimate of drug-likeness (QED) is 0.594. The minimum Gasteiger partial charge on any atom is -0.396 e. The summed E-state index contributed by atoms with van der Waals surface area (Å²) in [6.07, 6.45) is 7.42. The van der Waals surface area contributed by atoms with Crippen LogP contribution in [0.4, 0.5) is 0 Å². The zero-order valence-electron chi connectivity index (χ0n) is 8.76. The number of hydrogen-bond acceptors (Lipinski definition) is 2. The van der Waals surface area contributed by atoms with Crippen molar-refractivity contribution < 1.29 is 5.11 Å². The molecule has 0 saturated heterocycles. The number of aliphatic hydroxyl groups excluding tert-OH is 1. The normalized spacial score (nSPS) is 27.2. The van der Waals surface area contributed by atoms with Crippen molar-refractivity contribution in [3.05, 3.63) is 0 Å². The fourth-order valence-corrected chi connectivity index (χ4v) is 1.97. The molecular formula is C11H23NO. The first-order valence-electron chi connectivity index (χ1n) is 5.67. The van der Waals surface area contributed by atoms with Crippen LogP contribution in [0.1, 0.15) is 45.4 Å². The lowest BCUT2D eigenvalue weighted by Gasteiger charge is -2.33. The van der Waals surface area contributed by atoms with Crippen molar-refractivity contribution in [2.45, 2.75) is 51.5 Å². The van der Waals surface area contributed by atoms with Crippen LogP contribution in [0.15, 0.2) is 0 Å². The molecule has 1 fully saturated rings. The summed E-state index contributed by atoms with van der Waals surface area (Å²) in [6.45, 7) is 3.84. The van der Waals surface area contributed by atoms with Crippen LogP contribution in [0.25, 0.3) is 0 Å². The van der Waals surface area contributed by atoms with Gasteiger partial charge in [0, 0.05) is 12.6 Å². The smallest absolute Gasteiger partial charge is 0.0431 e. The Morgan fingerprint density at radius 1 is 1.15 bits per heavy atom. The molecule has 13 heavy (non-hydrogen) atoms. The minimum atomic E-state index is 0.355. The topological polar surface area (TPSA) is 32.3 Å². The number of rotatable bonds is 7. The maximum Gasteiger partial charge on any atom is 0.0431 e. The monoisotopic (exact) mass is 185 g/mol. The third-order valence-electron chi connectivity index (χ3n) is 2.89. The average molecular weight is 185 g/mol. The Bertz CT molecular complexity index is 121. The van der Waals surface area contributed by atoms with Crippen molar-refractivity contribution in [1.82, 2.24) is 5.32 Å². The highest BCUT2D eigenvalue weighted by Gasteiger charge is 2.23. The third-order valence-corrected chi connectivity index (χ3v) is 2.89. The van der Waals surface area contributed by atoms with E-state index >= 15 is 0 Å². The van der Waals surface area contributed by atoms with E-state index in [0.717, 1.165) is 18.4 Å². The van der Waals surface area contributed by atoms with Gasteiger partial charge in [0.2, 0.25) is 0 Å². The molecule has 0 heterocycles. The molecule has 2 nitrogen and oxygen atoms in total. The van der Waals surface area contributed by atoms with Gasteiger partial charge in [-0.1, -0.05) is 19.8 Å². The lowest BCUT2D eigenvalue weighted by Crippen LogP contribution is -2.40. The van der Waals surface area contributed by atoms with E-state index < -0.39 is 0 Å². The van der Waals surface area contributed by atoms with Crippen LogP contribution in [-0.2, 0) is 0 Å². The van der Waals surface area contributed by atoms with E-state index in [9.17, 15) is 0 Å². The van der Waals surface area contributed by atoms with E-state index in [1.165, 1.54) is 38.6 Å². The molecular weight excluding hydrogens is 162 g/mol. The SMILES string of the molecule is CC1CC(NCCCCCCO)C1. The van der Waals surface area contributed by atoms with Gasteiger partial charge in [-0.2, -0.15) is 0 Å². The van der Waals surface area contributed by atoms with E-state index in [-0.39, 0.29) is 0 Å². The van der Waals surface area contributed by atoms with Crippen molar-refractivity contribution >= 4 is 0 Å². The van der Waals surface area contributed by atoms with E-state index in [0.29, 0.717) is 6.61 Å². The van der Waals surface area contributed by atoms with E-state index in [4.69, 9.17) is 5.11 Å². The number of aliphatic hydroxyl groups is 1. The van der Waals surface area contributed by atoms with Gasteiger partial charge in [0.05, 0.1) is 0 Å². The Morgan fingerprint density at radius 2 is 1.85 bits per heavy atom. The van der Waals surface area contributed by atoms with Crippen LogP contribution >= 0.6 is 0 Å². The van der Waals surface area contributed by atoms with Crippen LogP contribution in [0.5, 0.6) is 0 Å². The first kappa shape index (κ1) is 11.0. The van der Waals surface area contributed by atoms with Gasteiger partial charge in [-0.05, 0) is 38.1 Å². The first-order chi connectivity index (χ1) is 6.33. The third kappa shape index (κ3) is 4.63. The molecule has 1 aliphatic rings. The Hall–Kier alpha value is -0.0800. The molecule has 1 saturated carbocycles. The van der Waals surface area contributed by atoms with Gasteiger partial charge in [-0.25, -0.2) is 0 Å². The Morgan fingerprint density at radius 3 is 2.46 bits per heavy atom. The molecule has 2 heteroatoms. The van der Waals surface area contributed by atoms with Gasteiger partial charge in [0.25, 0.3) is 0 Å². The lowest BCUT2D eigenvalue weighted by atomic mass is 9.82. The summed E-state index contributed by atoms with van der Waals surface area (Å²) in [6, 6.07) is 0.813. The van der Waals surface area contributed by atoms with Gasteiger partial charge in [0.15, 0.2) is 0 Å². The van der Waals surface area contributed by atoms with Crippen molar-refractivity contribution in [2.24, 2.45) is 5.92 Å². The molecule has 0 radical (unpaired) electrons. The number of nitrogens with one attached hydrogen (secondary N) is 1. The second kappa shape index (κ2) is 6.39. The number of hydrogen-bond donors (Lipinski definition) is 2. The molecule has 0 aromatic rings. The molecule has 0 bridgehead atoms. The fraction of sp³-hybridized carbons (Fsp3) is 1.00. The molecule has 2 N–H and O–H groups in total. The van der Waals surface area contributed by atoms with Crippen LogP contribution in [0.2, 0.25) is 0 Å².